The van der Waals surface area contributed by atoms with Crippen LogP contribution < -0.4 is 4.74 Å². The maximum atomic E-state index is 5.43. The molecule has 24 heavy (non-hydrogen) atoms. The molecule has 0 fully saturated rings. The number of para-hydroxylation sites is 1. The second-order valence-electron chi connectivity index (χ2n) is 5.62. The second kappa shape index (κ2) is 5.72. The first kappa shape index (κ1) is 14.8. The maximum absolute atomic E-state index is 5.43. The minimum absolute atomic E-state index is 0.689. The van der Waals surface area contributed by atoms with E-state index in [-0.39, 0.29) is 0 Å². The molecule has 0 saturated heterocycles. The van der Waals surface area contributed by atoms with Crippen molar-refractivity contribution in [3.8, 4) is 27.7 Å². The summed E-state index contributed by atoms with van der Waals surface area (Å²) in [4.78, 5) is 0.768. The molecule has 120 valence electrons. The number of aromatic nitrogens is 4. The number of fused-ring (bicyclic) bond motifs is 1. The summed E-state index contributed by atoms with van der Waals surface area (Å²) in [6.07, 6.45) is 0. The number of hydrogen-bond donors (Lipinski definition) is 0. The molecule has 4 rings (SSSR count). The average Bonchev–Trinajstić information content (AvgIpc) is 3.18. The molecule has 0 atom stereocenters. The lowest BCUT2D eigenvalue weighted by molar-refractivity contribution is 0.416. The van der Waals surface area contributed by atoms with Crippen molar-refractivity contribution in [1.29, 1.82) is 0 Å². The Kier molecular flexibility index (Phi) is 3.54. The van der Waals surface area contributed by atoms with Crippen molar-refractivity contribution >= 4 is 16.3 Å². The van der Waals surface area contributed by atoms with Crippen LogP contribution in [0.4, 0.5) is 0 Å². The van der Waals surface area contributed by atoms with Crippen molar-refractivity contribution in [3.63, 3.8) is 0 Å². The molecule has 4 aromatic rings. The van der Waals surface area contributed by atoms with Crippen LogP contribution in [0.5, 0.6) is 5.75 Å². The van der Waals surface area contributed by atoms with E-state index in [1.54, 1.807) is 11.6 Å². The quantitative estimate of drug-likeness (QED) is 0.564. The molecule has 0 aliphatic heterocycles. The first-order valence-electron chi connectivity index (χ1n) is 7.60. The third-order valence-electron chi connectivity index (χ3n) is 4.09. The van der Waals surface area contributed by atoms with Gasteiger partial charge in [0.2, 0.25) is 4.96 Å². The van der Waals surface area contributed by atoms with Gasteiger partial charge in [-0.15, -0.1) is 10.2 Å². The number of benzene rings is 2. The van der Waals surface area contributed by atoms with E-state index in [0.29, 0.717) is 5.82 Å². The van der Waals surface area contributed by atoms with Gasteiger partial charge in [0.05, 0.1) is 12.7 Å². The summed E-state index contributed by atoms with van der Waals surface area (Å²) in [5.74, 6) is 1.45. The molecule has 0 N–H and O–H groups in total. The van der Waals surface area contributed by atoms with Crippen molar-refractivity contribution in [2.75, 3.05) is 7.11 Å². The smallest absolute Gasteiger partial charge is 0.235 e. The Labute approximate surface area is 143 Å². The summed E-state index contributed by atoms with van der Waals surface area (Å²) >= 11 is 1.53. The van der Waals surface area contributed by atoms with E-state index < -0.39 is 0 Å². The fourth-order valence-electron chi connectivity index (χ4n) is 2.61. The predicted molar refractivity (Wildman–Crippen MR) is 95.6 cm³/mol. The van der Waals surface area contributed by atoms with E-state index in [0.717, 1.165) is 26.8 Å². The van der Waals surface area contributed by atoms with Gasteiger partial charge in [0, 0.05) is 5.56 Å². The number of hydrogen-bond acceptors (Lipinski definition) is 5. The molecule has 0 aliphatic rings. The molecule has 0 saturated carbocycles. The van der Waals surface area contributed by atoms with E-state index in [2.05, 4.69) is 42.2 Å². The third-order valence-corrected chi connectivity index (χ3v) is 5.04. The number of methoxy groups -OCH3 is 1. The Morgan fingerprint density at radius 1 is 1.00 bits per heavy atom. The SMILES string of the molecule is COc1ccccc1-c1nnc2sc(-c3ccc(C)c(C)c3)nn12. The van der Waals surface area contributed by atoms with Gasteiger partial charge < -0.3 is 4.74 Å². The first-order valence-corrected chi connectivity index (χ1v) is 8.42. The zero-order chi connectivity index (χ0) is 16.7. The van der Waals surface area contributed by atoms with Crippen LogP contribution in [0, 0.1) is 13.8 Å². The maximum Gasteiger partial charge on any atom is 0.235 e. The van der Waals surface area contributed by atoms with Crippen LogP contribution in [-0.2, 0) is 0 Å². The lowest BCUT2D eigenvalue weighted by Gasteiger charge is -2.05. The molecule has 0 spiro atoms. The lowest BCUT2D eigenvalue weighted by Crippen LogP contribution is -1.94. The minimum atomic E-state index is 0.689. The molecule has 5 nitrogen and oxygen atoms in total. The highest BCUT2D eigenvalue weighted by Gasteiger charge is 2.17. The standard InChI is InChI=1S/C18H16N4OS/c1-11-8-9-13(10-12(11)2)17-21-22-16(19-20-18(22)24-17)14-6-4-5-7-15(14)23-3/h4-10H,1-3H3. The Morgan fingerprint density at radius 2 is 1.83 bits per heavy atom. The van der Waals surface area contributed by atoms with Crippen LogP contribution in [0.25, 0.3) is 26.9 Å². The van der Waals surface area contributed by atoms with Crippen LogP contribution in [0.3, 0.4) is 0 Å². The highest BCUT2D eigenvalue weighted by atomic mass is 32.1. The molecule has 2 heterocycles. The van der Waals surface area contributed by atoms with Crippen LogP contribution in [0.15, 0.2) is 42.5 Å². The Hall–Kier alpha value is -2.73. The van der Waals surface area contributed by atoms with Gasteiger partial charge in [-0.1, -0.05) is 35.6 Å². The zero-order valence-electron chi connectivity index (χ0n) is 13.6. The van der Waals surface area contributed by atoms with Crippen molar-refractivity contribution in [3.05, 3.63) is 53.6 Å². The van der Waals surface area contributed by atoms with E-state index in [1.165, 1.54) is 22.5 Å². The molecule has 0 amide bonds. The Morgan fingerprint density at radius 3 is 2.62 bits per heavy atom. The number of ether oxygens (including phenoxy) is 1. The van der Waals surface area contributed by atoms with Crippen LogP contribution >= 0.6 is 11.3 Å². The molecular formula is C18H16N4OS. The molecule has 2 aromatic carbocycles. The van der Waals surface area contributed by atoms with Crippen LogP contribution in [0.2, 0.25) is 0 Å². The van der Waals surface area contributed by atoms with Gasteiger partial charge in [-0.3, -0.25) is 0 Å². The largest absolute Gasteiger partial charge is 0.496 e. The number of nitrogens with zero attached hydrogens (tertiary/aromatic N) is 4. The highest BCUT2D eigenvalue weighted by molar-refractivity contribution is 7.19. The monoisotopic (exact) mass is 336 g/mol. The average molecular weight is 336 g/mol. The molecule has 0 unspecified atom stereocenters. The first-order chi connectivity index (χ1) is 11.7. The lowest BCUT2D eigenvalue weighted by atomic mass is 10.1. The summed E-state index contributed by atoms with van der Waals surface area (Å²) in [5, 5.41) is 14.2. The zero-order valence-corrected chi connectivity index (χ0v) is 14.5. The minimum Gasteiger partial charge on any atom is -0.496 e. The predicted octanol–water partition coefficient (Wildman–Crippen LogP) is 4.15. The number of aryl methyl sites for hydroxylation is 2. The second-order valence-corrected chi connectivity index (χ2v) is 6.58. The van der Waals surface area contributed by atoms with E-state index in [4.69, 9.17) is 9.84 Å². The normalized spacial score (nSPS) is 11.1. The van der Waals surface area contributed by atoms with Gasteiger partial charge in [0.1, 0.15) is 10.8 Å². The van der Waals surface area contributed by atoms with Crippen molar-refractivity contribution < 1.29 is 4.74 Å². The highest BCUT2D eigenvalue weighted by Crippen LogP contribution is 2.32. The third kappa shape index (κ3) is 2.35. The molecule has 0 aliphatic carbocycles. The summed E-state index contributed by atoms with van der Waals surface area (Å²) < 4.78 is 7.22. The van der Waals surface area contributed by atoms with Crippen molar-refractivity contribution in [1.82, 2.24) is 19.8 Å². The van der Waals surface area contributed by atoms with Gasteiger partial charge in [-0.2, -0.15) is 9.61 Å². The summed E-state index contributed by atoms with van der Waals surface area (Å²) in [6, 6.07) is 14.1. The topological polar surface area (TPSA) is 52.3 Å². The fourth-order valence-corrected chi connectivity index (χ4v) is 3.44. The number of rotatable bonds is 3. The molecule has 0 bridgehead atoms. The van der Waals surface area contributed by atoms with Crippen molar-refractivity contribution in [2.45, 2.75) is 13.8 Å². The van der Waals surface area contributed by atoms with E-state index in [1.807, 2.05) is 24.3 Å². The van der Waals surface area contributed by atoms with Gasteiger partial charge in [-0.05, 0) is 43.2 Å². The molecule has 0 radical (unpaired) electrons. The molecule has 6 heteroatoms. The van der Waals surface area contributed by atoms with Gasteiger partial charge >= 0.3 is 0 Å². The summed E-state index contributed by atoms with van der Waals surface area (Å²) in [5.41, 5.74) is 4.50. The Balaban J connectivity index is 1.86. The van der Waals surface area contributed by atoms with Crippen LogP contribution in [-0.4, -0.2) is 26.9 Å². The summed E-state index contributed by atoms with van der Waals surface area (Å²) in [7, 11) is 1.65. The van der Waals surface area contributed by atoms with Crippen molar-refractivity contribution in [2.24, 2.45) is 0 Å². The van der Waals surface area contributed by atoms with Gasteiger partial charge in [0.15, 0.2) is 5.82 Å². The van der Waals surface area contributed by atoms with Gasteiger partial charge in [0.25, 0.3) is 0 Å². The van der Waals surface area contributed by atoms with E-state index in [9.17, 15) is 0 Å². The van der Waals surface area contributed by atoms with Gasteiger partial charge in [-0.25, -0.2) is 0 Å². The van der Waals surface area contributed by atoms with E-state index >= 15 is 0 Å². The van der Waals surface area contributed by atoms with Crippen LogP contribution in [0.1, 0.15) is 11.1 Å². The summed E-state index contributed by atoms with van der Waals surface area (Å²) in [6.45, 7) is 4.22. The Bertz CT molecular complexity index is 1030. The fraction of sp³-hybridized carbons (Fsp3) is 0.167. The molecular weight excluding hydrogens is 320 g/mol. The molecule has 2 aromatic heterocycles.